The van der Waals surface area contributed by atoms with Crippen molar-refractivity contribution in [2.75, 3.05) is 0 Å². The van der Waals surface area contributed by atoms with Gasteiger partial charge in [0, 0.05) is 12.1 Å². The van der Waals surface area contributed by atoms with E-state index in [2.05, 4.69) is 16.0 Å². The van der Waals surface area contributed by atoms with Gasteiger partial charge in [-0.25, -0.2) is 4.79 Å². The van der Waals surface area contributed by atoms with Crippen LogP contribution < -0.4 is 0 Å². The van der Waals surface area contributed by atoms with Gasteiger partial charge >= 0.3 is 14.8 Å². The van der Waals surface area contributed by atoms with Crippen LogP contribution in [0, 0.1) is 0 Å². The smallest absolute Gasteiger partial charge is 0.388 e. The molecule has 0 atom stereocenters. The van der Waals surface area contributed by atoms with E-state index in [-0.39, 0.29) is 6.04 Å². The fourth-order valence-corrected chi connectivity index (χ4v) is 1.46. The minimum atomic E-state index is -3.77. The largest absolute Gasteiger partial charge is 0.538 e. The van der Waals surface area contributed by atoms with E-state index in [0.717, 1.165) is 6.08 Å². The fourth-order valence-electron chi connectivity index (χ4n) is 0.509. The summed E-state index contributed by atoms with van der Waals surface area (Å²) in [5, 5.41) is 0. The number of carbonyl (C=O) groups is 1. The number of rotatable bonds is 5. The molecule has 0 saturated heterocycles. The molecular formula is C6H12O5Si. The Kier molecular flexibility index (Phi) is 4.75. The molecule has 0 saturated carbocycles. The van der Waals surface area contributed by atoms with Crippen molar-refractivity contribution in [2.24, 2.45) is 0 Å². The van der Waals surface area contributed by atoms with Crippen LogP contribution in [0.15, 0.2) is 12.7 Å². The summed E-state index contributed by atoms with van der Waals surface area (Å²) in [5.41, 5.74) is 0. The van der Waals surface area contributed by atoms with E-state index < -0.39 is 14.8 Å². The molecule has 0 heterocycles. The van der Waals surface area contributed by atoms with Crippen molar-refractivity contribution in [2.45, 2.75) is 19.4 Å². The van der Waals surface area contributed by atoms with Gasteiger partial charge < -0.3 is 9.59 Å². The highest BCUT2D eigenvalue weighted by atomic mass is 28.4. The van der Waals surface area contributed by atoms with E-state index in [0.29, 0.717) is 6.42 Å². The predicted molar refractivity (Wildman–Crippen MR) is 42.7 cm³/mol. The zero-order valence-electron chi connectivity index (χ0n) is 6.82. The summed E-state index contributed by atoms with van der Waals surface area (Å²) in [6, 6.07) is 0.0947. The summed E-state index contributed by atoms with van der Waals surface area (Å²) in [5.74, 6) is -0.842. The van der Waals surface area contributed by atoms with E-state index in [1.165, 1.54) is 0 Å². The molecule has 5 nitrogen and oxygen atoms in total. The maximum Gasteiger partial charge on any atom is 0.538 e. The van der Waals surface area contributed by atoms with Crippen LogP contribution in [0.2, 0.25) is 6.04 Å². The van der Waals surface area contributed by atoms with Gasteiger partial charge in [-0.1, -0.05) is 19.9 Å². The average Bonchev–Trinajstić information content (AvgIpc) is 2.00. The Morgan fingerprint density at radius 2 is 2.25 bits per heavy atom. The van der Waals surface area contributed by atoms with Gasteiger partial charge in [0.05, 0.1) is 0 Å². The first kappa shape index (κ1) is 11.3. The third kappa shape index (κ3) is 5.02. The Labute approximate surface area is 71.5 Å². The molecular weight excluding hydrogens is 180 g/mol. The molecule has 0 fully saturated rings. The molecule has 6 heteroatoms. The molecule has 0 rings (SSSR count). The molecule has 70 valence electrons. The fraction of sp³-hybridized carbons (Fsp3) is 0.500. The van der Waals surface area contributed by atoms with Crippen molar-refractivity contribution < 1.29 is 23.9 Å². The molecule has 0 aromatic heterocycles. The van der Waals surface area contributed by atoms with E-state index >= 15 is 0 Å². The first-order valence-corrected chi connectivity index (χ1v) is 5.49. The topological polar surface area (TPSA) is 76.0 Å². The van der Waals surface area contributed by atoms with Gasteiger partial charge in [0.15, 0.2) is 0 Å². The molecule has 0 unspecified atom stereocenters. The monoisotopic (exact) mass is 192 g/mol. The summed E-state index contributed by atoms with van der Waals surface area (Å²) in [4.78, 5) is 32.4. The summed E-state index contributed by atoms with van der Waals surface area (Å²) >= 11 is 0. The second kappa shape index (κ2) is 5.04. The van der Waals surface area contributed by atoms with Gasteiger partial charge in [0.25, 0.3) is 0 Å². The van der Waals surface area contributed by atoms with Crippen LogP contribution in [0.4, 0.5) is 0 Å². The Hall–Kier alpha value is -0.693. The highest BCUT2D eigenvalue weighted by Crippen LogP contribution is 2.06. The Morgan fingerprint density at radius 1 is 1.67 bits per heavy atom. The lowest BCUT2D eigenvalue weighted by Crippen LogP contribution is -2.39. The Bertz CT molecular complexity index is 167. The molecule has 12 heavy (non-hydrogen) atoms. The van der Waals surface area contributed by atoms with Crippen LogP contribution in [0.1, 0.15) is 13.3 Å². The molecule has 0 radical (unpaired) electrons. The van der Waals surface area contributed by atoms with Gasteiger partial charge in [0.1, 0.15) is 0 Å². The zero-order valence-corrected chi connectivity index (χ0v) is 7.82. The molecule has 0 aromatic carbocycles. The third-order valence-electron chi connectivity index (χ3n) is 1.000. The van der Waals surface area contributed by atoms with E-state index in [1.807, 2.05) is 0 Å². The molecule has 0 aliphatic rings. The highest BCUT2D eigenvalue weighted by molar-refractivity contribution is 6.57. The molecule has 0 aliphatic carbocycles. The molecule has 0 amide bonds. The first-order valence-electron chi connectivity index (χ1n) is 3.48. The van der Waals surface area contributed by atoms with Crippen molar-refractivity contribution >= 4 is 14.8 Å². The molecule has 0 bridgehead atoms. The van der Waals surface area contributed by atoms with Gasteiger partial charge in [-0.3, -0.25) is 4.89 Å². The van der Waals surface area contributed by atoms with Gasteiger partial charge in [0.2, 0.25) is 0 Å². The van der Waals surface area contributed by atoms with Crippen LogP contribution in [-0.4, -0.2) is 24.4 Å². The number of carbonyl (C=O) groups excluding carboxylic acids is 1. The van der Waals surface area contributed by atoms with E-state index in [9.17, 15) is 4.79 Å². The van der Waals surface area contributed by atoms with Crippen molar-refractivity contribution in [3.8, 4) is 0 Å². The van der Waals surface area contributed by atoms with Gasteiger partial charge in [-0.05, 0) is 0 Å². The number of hydrogen-bond acceptors (Lipinski definition) is 5. The summed E-state index contributed by atoms with van der Waals surface area (Å²) in [6.45, 7) is 4.86. The molecule has 2 N–H and O–H groups in total. The van der Waals surface area contributed by atoms with Crippen LogP contribution in [0.5, 0.6) is 0 Å². The quantitative estimate of drug-likeness (QED) is 0.277. The van der Waals surface area contributed by atoms with Crippen molar-refractivity contribution in [1.29, 1.82) is 0 Å². The predicted octanol–water partition coefficient (Wildman–Crippen LogP) is -0.0193. The molecule has 0 aromatic rings. The van der Waals surface area contributed by atoms with Crippen molar-refractivity contribution in [3.63, 3.8) is 0 Å². The maximum absolute atomic E-state index is 10.4. The standard InChI is InChI=1S/C6H12O5Si/c1-3-5-12(8,9)11-10-6(7)4-2/h4,8-9H,2-3,5H2,1H3. The Morgan fingerprint density at radius 3 is 2.67 bits per heavy atom. The lowest BCUT2D eigenvalue weighted by atomic mass is 10.6. The zero-order chi connectivity index (χ0) is 9.61. The second-order valence-electron chi connectivity index (χ2n) is 2.18. The molecule has 0 spiro atoms. The average molecular weight is 192 g/mol. The Balaban J connectivity index is 3.74. The summed E-state index contributed by atoms with van der Waals surface area (Å²) < 4.78 is 4.15. The minimum absolute atomic E-state index is 0.0947. The summed E-state index contributed by atoms with van der Waals surface area (Å²) in [6.07, 6.45) is 1.42. The van der Waals surface area contributed by atoms with Crippen LogP contribution in [-0.2, 0) is 14.3 Å². The lowest BCUT2D eigenvalue weighted by molar-refractivity contribution is -0.230. The SMILES string of the molecule is C=CC(=O)OO[Si](O)(O)CCC. The van der Waals surface area contributed by atoms with E-state index in [1.54, 1.807) is 6.92 Å². The lowest BCUT2D eigenvalue weighted by Gasteiger charge is -2.13. The minimum Gasteiger partial charge on any atom is -0.388 e. The second-order valence-corrected chi connectivity index (χ2v) is 4.34. The van der Waals surface area contributed by atoms with Crippen LogP contribution in [0.25, 0.3) is 0 Å². The van der Waals surface area contributed by atoms with Crippen LogP contribution in [0.3, 0.4) is 0 Å². The van der Waals surface area contributed by atoms with Crippen molar-refractivity contribution in [3.05, 3.63) is 12.7 Å². The number of hydrogen-bond donors (Lipinski definition) is 2. The highest BCUT2D eigenvalue weighted by Gasteiger charge is 2.34. The van der Waals surface area contributed by atoms with Crippen LogP contribution >= 0.6 is 0 Å². The van der Waals surface area contributed by atoms with E-state index in [4.69, 9.17) is 9.59 Å². The summed E-state index contributed by atoms with van der Waals surface area (Å²) in [7, 11) is -3.77. The van der Waals surface area contributed by atoms with Gasteiger partial charge in [-0.2, -0.15) is 4.58 Å². The first-order chi connectivity index (χ1) is 5.52. The molecule has 0 aliphatic heterocycles. The third-order valence-corrected chi connectivity index (χ3v) is 2.50. The normalized spacial score (nSPS) is 10.9. The maximum atomic E-state index is 10.4. The van der Waals surface area contributed by atoms with Gasteiger partial charge in [-0.15, -0.1) is 0 Å². The van der Waals surface area contributed by atoms with Crippen molar-refractivity contribution in [1.82, 2.24) is 0 Å².